The van der Waals surface area contributed by atoms with Gasteiger partial charge in [0, 0.05) is 36.3 Å². The van der Waals surface area contributed by atoms with Gasteiger partial charge in [0.2, 0.25) is 5.91 Å². The minimum absolute atomic E-state index is 0.0587. The summed E-state index contributed by atoms with van der Waals surface area (Å²) >= 11 is 0. The first kappa shape index (κ1) is 22.7. The molecule has 0 aliphatic carbocycles. The van der Waals surface area contributed by atoms with Gasteiger partial charge >= 0.3 is 0 Å². The van der Waals surface area contributed by atoms with Gasteiger partial charge in [-0.05, 0) is 48.9 Å². The number of hydrogen-bond acceptors (Lipinski definition) is 6. The number of carbonyl (C=O) groups is 3. The molecule has 2 aromatic carbocycles. The van der Waals surface area contributed by atoms with E-state index in [1.54, 1.807) is 73.1 Å². The number of Topliss-reactive ketones (excluding diaryl/α,β-unsaturated/α-hetero) is 1. The fraction of sp³-hybridized carbons (Fsp3) is 0.154. The van der Waals surface area contributed by atoms with Crippen molar-refractivity contribution in [1.82, 2.24) is 4.98 Å². The second-order valence-electron chi connectivity index (χ2n) is 7.65. The van der Waals surface area contributed by atoms with Gasteiger partial charge in [0.1, 0.15) is 11.5 Å². The number of nitrogens with one attached hydrogen (secondary N) is 1. The highest BCUT2D eigenvalue weighted by atomic mass is 16.5. The number of ether oxygens (including phenoxy) is 1. The van der Waals surface area contributed by atoms with Crippen LogP contribution in [0.1, 0.15) is 31.0 Å². The predicted molar refractivity (Wildman–Crippen MR) is 127 cm³/mol. The molecule has 1 saturated heterocycles. The molecule has 4 rings (SSSR count). The molecule has 3 aromatic rings. The highest BCUT2D eigenvalue weighted by Gasteiger charge is 2.47. The van der Waals surface area contributed by atoms with E-state index in [0.29, 0.717) is 34.9 Å². The Labute approximate surface area is 196 Å². The second-order valence-corrected chi connectivity index (χ2v) is 7.65. The number of hydrogen-bond donors (Lipinski definition) is 2. The molecular formula is C26H23N3O5. The molecule has 172 valence electrons. The van der Waals surface area contributed by atoms with Crippen LogP contribution in [0.2, 0.25) is 0 Å². The van der Waals surface area contributed by atoms with E-state index in [9.17, 15) is 19.5 Å². The smallest absolute Gasteiger partial charge is 0.300 e. The SMILES string of the molecule is CCOc1cccc(/C(O)=C2\C(=O)C(=O)N(c3cccc(NC(C)=O)c3)C2c2cccnc2)c1. The van der Waals surface area contributed by atoms with Crippen LogP contribution in [0.3, 0.4) is 0 Å². The fourth-order valence-corrected chi connectivity index (χ4v) is 3.94. The second kappa shape index (κ2) is 9.58. The lowest BCUT2D eigenvalue weighted by Crippen LogP contribution is -2.29. The summed E-state index contributed by atoms with van der Waals surface area (Å²) in [7, 11) is 0. The van der Waals surface area contributed by atoms with Gasteiger partial charge in [-0.25, -0.2) is 0 Å². The van der Waals surface area contributed by atoms with E-state index >= 15 is 0 Å². The summed E-state index contributed by atoms with van der Waals surface area (Å²) in [6.45, 7) is 3.66. The molecule has 0 saturated carbocycles. The molecule has 0 bridgehead atoms. The van der Waals surface area contributed by atoms with Crippen LogP contribution in [0.5, 0.6) is 5.75 Å². The quantitative estimate of drug-likeness (QED) is 0.328. The number of aliphatic hydroxyl groups excluding tert-OH is 1. The molecule has 1 aliphatic heterocycles. The molecule has 8 heteroatoms. The number of benzene rings is 2. The molecule has 0 radical (unpaired) electrons. The van der Waals surface area contributed by atoms with Crippen molar-refractivity contribution in [3.8, 4) is 5.75 Å². The first-order valence-electron chi connectivity index (χ1n) is 10.7. The molecule has 1 atom stereocenters. The molecule has 2 amide bonds. The molecule has 1 aromatic heterocycles. The van der Waals surface area contributed by atoms with Crippen molar-refractivity contribution >= 4 is 34.7 Å². The molecule has 8 nitrogen and oxygen atoms in total. The number of ketones is 1. The fourth-order valence-electron chi connectivity index (χ4n) is 3.94. The number of rotatable bonds is 6. The monoisotopic (exact) mass is 457 g/mol. The summed E-state index contributed by atoms with van der Waals surface area (Å²) in [6.07, 6.45) is 3.13. The van der Waals surface area contributed by atoms with Crippen molar-refractivity contribution in [2.75, 3.05) is 16.8 Å². The zero-order chi connectivity index (χ0) is 24.2. The summed E-state index contributed by atoms with van der Waals surface area (Å²) in [5.41, 5.74) is 1.71. The Hall–Kier alpha value is -4.46. The van der Waals surface area contributed by atoms with Crippen LogP contribution in [0.4, 0.5) is 11.4 Å². The lowest BCUT2D eigenvalue weighted by Gasteiger charge is -2.25. The van der Waals surface area contributed by atoms with Crippen molar-refractivity contribution in [2.45, 2.75) is 19.9 Å². The maximum Gasteiger partial charge on any atom is 0.300 e. The van der Waals surface area contributed by atoms with Gasteiger partial charge in [0.05, 0.1) is 18.2 Å². The largest absolute Gasteiger partial charge is 0.507 e. The van der Waals surface area contributed by atoms with E-state index in [0.717, 1.165) is 0 Å². The van der Waals surface area contributed by atoms with Crippen molar-refractivity contribution in [3.05, 3.63) is 89.8 Å². The van der Waals surface area contributed by atoms with Crippen molar-refractivity contribution in [1.29, 1.82) is 0 Å². The number of anilines is 2. The molecule has 34 heavy (non-hydrogen) atoms. The van der Waals surface area contributed by atoms with Crippen LogP contribution < -0.4 is 15.0 Å². The number of nitrogens with zero attached hydrogens (tertiary/aromatic N) is 2. The normalized spacial score (nSPS) is 17.0. The molecule has 1 fully saturated rings. The van der Waals surface area contributed by atoms with Gasteiger partial charge in [-0.15, -0.1) is 0 Å². The van der Waals surface area contributed by atoms with Crippen LogP contribution in [0, 0.1) is 0 Å². The Kier molecular flexibility index (Phi) is 6.40. The van der Waals surface area contributed by atoms with Crippen LogP contribution in [-0.2, 0) is 14.4 Å². The average molecular weight is 457 g/mol. The van der Waals surface area contributed by atoms with E-state index in [4.69, 9.17) is 4.74 Å². The molecule has 0 spiro atoms. The Balaban J connectivity index is 1.89. The van der Waals surface area contributed by atoms with Crippen molar-refractivity contribution < 1.29 is 24.2 Å². The number of carbonyl (C=O) groups excluding carboxylic acids is 3. The lowest BCUT2D eigenvalue weighted by molar-refractivity contribution is -0.132. The Bertz CT molecular complexity index is 1290. The van der Waals surface area contributed by atoms with Crippen molar-refractivity contribution in [3.63, 3.8) is 0 Å². The number of aromatic nitrogens is 1. The highest BCUT2D eigenvalue weighted by Crippen LogP contribution is 2.42. The van der Waals surface area contributed by atoms with Gasteiger partial charge < -0.3 is 15.2 Å². The standard InChI is InChI=1S/C26H23N3O5/c1-3-34-21-11-4-7-17(13-21)24(31)22-23(18-8-6-12-27-15-18)29(26(33)25(22)32)20-10-5-9-19(14-20)28-16(2)30/h4-15,23,31H,3H2,1-2H3,(H,28,30)/b24-22+. The maximum absolute atomic E-state index is 13.2. The van der Waals surface area contributed by atoms with Gasteiger partial charge in [0.15, 0.2) is 0 Å². The van der Waals surface area contributed by atoms with Crippen LogP contribution in [-0.4, -0.2) is 34.3 Å². The predicted octanol–water partition coefficient (Wildman–Crippen LogP) is 4.07. The van der Waals surface area contributed by atoms with E-state index in [1.807, 2.05) is 6.92 Å². The maximum atomic E-state index is 13.2. The van der Waals surface area contributed by atoms with E-state index in [2.05, 4.69) is 10.3 Å². The zero-order valence-corrected chi connectivity index (χ0v) is 18.7. The Morgan fingerprint density at radius 1 is 1.12 bits per heavy atom. The van der Waals surface area contributed by atoms with Gasteiger partial charge in [-0.2, -0.15) is 0 Å². The molecule has 2 N–H and O–H groups in total. The van der Waals surface area contributed by atoms with Crippen LogP contribution >= 0.6 is 0 Å². The minimum Gasteiger partial charge on any atom is -0.507 e. The van der Waals surface area contributed by atoms with E-state index < -0.39 is 17.7 Å². The summed E-state index contributed by atoms with van der Waals surface area (Å²) in [5, 5.41) is 13.9. The number of pyridine rings is 1. The third-order valence-corrected chi connectivity index (χ3v) is 5.31. The molecule has 1 aliphatic rings. The van der Waals surface area contributed by atoms with E-state index in [-0.39, 0.29) is 17.2 Å². The highest BCUT2D eigenvalue weighted by molar-refractivity contribution is 6.51. The third kappa shape index (κ3) is 4.38. The lowest BCUT2D eigenvalue weighted by atomic mass is 9.96. The molecule has 1 unspecified atom stereocenters. The first-order valence-corrected chi connectivity index (χ1v) is 10.7. The van der Waals surface area contributed by atoms with Crippen LogP contribution in [0.25, 0.3) is 5.76 Å². The molecular weight excluding hydrogens is 434 g/mol. The molecule has 2 heterocycles. The Morgan fingerprint density at radius 2 is 1.91 bits per heavy atom. The first-order chi connectivity index (χ1) is 16.4. The number of aliphatic hydroxyl groups is 1. The topological polar surface area (TPSA) is 109 Å². The van der Waals surface area contributed by atoms with Gasteiger partial charge in [-0.1, -0.05) is 24.3 Å². The number of amides is 2. The summed E-state index contributed by atoms with van der Waals surface area (Å²) < 4.78 is 5.51. The minimum atomic E-state index is -0.919. The zero-order valence-electron chi connectivity index (χ0n) is 18.7. The van der Waals surface area contributed by atoms with Crippen molar-refractivity contribution in [2.24, 2.45) is 0 Å². The summed E-state index contributed by atoms with van der Waals surface area (Å²) in [6, 6.07) is 15.8. The van der Waals surface area contributed by atoms with Crippen LogP contribution in [0.15, 0.2) is 78.6 Å². The van der Waals surface area contributed by atoms with Gasteiger partial charge in [0.25, 0.3) is 11.7 Å². The average Bonchev–Trinajstić information content (AvgIpc) is 3.10. The van der Waals surface area contributed by atoms with E-state index in [1.165, 1.54) is 11.8 Å². The van der Waals surface area contributed by atoms with Gasteiger partial charge in [-0.3, -0.25) is 24.3 Å². The Morgan fingerprint density at radius 3 is 2.62 bits per heavy atom. The third-order valence-electron chi connectivity index (χ3n) is 5.31. The summed E-state index contributed by atoms with van der Waals surface area (Å²) in [5.74, 6) is -1.66. The summed E-state index contributed by atoms with van der Waals surface area (Å²) in [4.78, 5) is 43.4.